The molecule has 0 radical (unpaired) electrons. The van der Waals surface area contributed by atoms with E-state index >= 15 is 0 Å². The smallest absolute Gasteiger partial charge is 0.0146 e. The molecule has 2 aromatic carbocycles. The van der Waals surface area contributed by atoms with Gasteiger partial charge in [0.1, 0.15) is 0 Å². The van der Waals surface area contributed by atoms with Gasteiger partial charge in [0.25, 0.3) is 0 Å². The maximum atomic E-state index is 2.29. The van der Waals surface area contributed by atoms with Crippen molar-refractivity contribution in [3.05, 3.63) is 71.3 Å². The van der Waals surface area contributed by atoms with Crippen LogP contribution < -0.4 is 0 Å². The largest absolute Gasteiger partial charge is 0.0648 e. The molecule has 0 spiro atoms. The molecule has 0 fully saturated rings. The molecule has 0 aliphatic heterocycles. The van der Waals surface area contributed by atoms with Crippen molar-refractivity contribution in [2.24, 2.45) is 0 Å². The summed E-state index contributed by atoms with van der Waals surface area (Å²) >= 11 is 0. The van der Waals surface area contributed by atoms with Crippen LogP contribution in [0.4, 0.5) is 0 Å². The van der Waals surface area contributed by atoms with Crippen molar-refractivity contribution >= 4 is 0 Å². The molecule has 1 unspecified atom stereocenters. The van der Waals surface area contributed by atoms with Gasteiger partial charge in [0.2, 0.25) is 0 Å². The first kappa shape index (κ1) is 13.9. The highest BCUT2D eigenvalue weighted by molar-refractivity contribution is 5.39. The van der Waals surface area contributed by atoms with Crippen molar-refractivity contribution < 1.29 is 0 Å². The van der Waals surface area contributed by atoms with Crippen molar-refractivity contribution in [1.29, 1.82) is 0 Å². The van der Waals surface area contributed by atoms with Crippen LogP contribution in [0.1, 0.15) is 56.7 Å². The average molecular weight is 252 g/mol. The zero-order chi connectivity index (χ0) is 13.9. The Morgan fingerprint density at radius 1 is 0.842 bits per heavy atom. The Balaban J connectivity index is 2.31. The molecule has 19 heavy (non-hydrogen) atoms. The Bertz CT molecular complexity index is 505. The topological polar surface area (TPSA) is 0 Å². The molecular weight excluding hydrogens is 228 g/mol. The quantitative estimate of drug-likeness (QED) is 0.671. The second-order valence-electron chi connectivity index (χ2n) is 5.92. The molecule has 2 rings (SSSR count). The summed E-state index contributed by atoms with van der Waals surface area (Å²) in [5.74, 6) is 0.647. The van der Waals surface area contributed by atoms with Gasteiger partial charge in [-0.1, -0.05) is 82.3 Å². The van der Waals surface area contributed by atoms with E-state index in [0.29, 0.717) is 5.92 Å². The van der Waals surface area contributed by atoms with Gasteiger partial charge in [-0.15, -0.1) is 0 Å². The molecule has 100 valence electrons. The SMILES string of the molecule is CCC(C)c1ccc(C(C)(C)c2ccccc2)cc1. The lowest BCUT2D eigenvalue weighted by Gasteiger charge is -2.26. The zero-order valence-electron chi connectivity index (χ0n) is 12.5. The molecule has 1 atom stereocenters. The molecule has 0 saturated carbocycles. The summed E-state index contributed by atoms with van der Waals surface area (Å²) in [5.41, 5.74) is 4.25. The van der Waals surface area contributed by atoms with E-state index < -0.39 is 0 Å². The maximum absolute atomic E-state index is 2.29. The van der Waals surface area contributed by atoms with E-state index in [2.05, 4.69) is 82.3 Å². The molecule has 0 aromatic heterocycles. The molecule has 0 N–H and O–H groups in total. The van der Waals surface area contributed by atoms with Gasteiger partial charge in [-0.05, 0) is 29.0 Å². The third-order valence-corrected chi connectivity index (χ3v) is 4.31. The number of benzene rings is 2. The molecule has 0 amide bonds. The number of hydrogen-bond donors (Lipinski definition) is 0. The van der Waals surface area contributed by atoms with Crippen LogP contribution in [-0.2, 0) is 5.41 Å². The van der Waals surface area contributed by atoms with Gasteiger partial charge >= 0.3 is 0 Å². The van der Waals surface area contributed by atoms with E-state index in [1.165, 1.54) is 23.1 Å². The van der Waals surface area contributed by atoms with Crippen LogP contribution in [0, 0.1) is 0 Å². The standard InChI is InChI=1S/C19H24/c1-5-15(2)16-11-13-18(14-12-16)19(3,4)17-9-7-6-8-10-17/h6-15H,5H2,1-4H3. The lowest BCUT2D eigenvalue weighted by Crippen LogP contribution is -2.18. The monoisotopic (exact) mass is 252 g/mol. The van der Waals surface area contributed by atoms with Gasteiger partial charge < -0.3 is 0 Å². The zero-order valence-corrected chi connectivity index (χ0v) is 12.5. The predicted octanol–water partition coefficient (Wildman–Crippen LogP) is 5.53. The summed E-state index contributed by atoms with van der Waals surface area (Å²) in [7, 11) is 0. The molecule has 0 heteroatoms. The summed E-state index contributed by atoms with van der Waals surface area (Å²) in [5, 5.41) is 0. The van der Waals surface area contributed by atoms with Crippen LogP contribution in [0.5, 0.6) is 0 Å². The van der Waals surface area contributed by atoms with E-state index in [-0.39, 0.29) is 5.41 Å². The fourth-order valence-electron chi connectivity index (χ4n) is 2.49. The van der Waals surface area contributed by atoms with Gasteiger partial charge in [-0.25, -0.2) is 0 Å². The first-order valence-electron chi connectivity index (χ1n) is 7.21. The molecule has 2 aromatic rings. The van der Waals surface area contributed by atoms with Crippen LogP contribution >= 0.6 is 0 Å². The van der Waals surface area contributed by atoms with Crippen LogP contribution in [0.2, 0.25) is 0 Å². The minimum atomic E-state index is 0.0647. The Morgan fingerprint density at radius 3 is 1.89 bits per heavy atom. The molecule has 0 nitrogen and oxygen atoms in total. The Morgan fingerprint density at radius 2 is 1.37 bits per heavy atom. The number of hydrogen-bond acceptors (Lipinski definition) is 0. The Hall–Kier alpha value is -1.56. The van der Waals surface area contributed by atoms with Crippen molar-refractivity contribution in [3.8, 4) is 0 Å². The summed E-state index contributed by atoms with van der Waals surface area (Å²) in [6, 6.07) is 19.9. The highest BCUT2D eigenvalue weighted by atomic mass is 14.3. The summed E-state index contributed by atoms with van der Waals surface area (Å²) in [6.45, 7) is 9.12. The molecule has 0 bridgehead atoms. The van der Waals surface area contributed by atoms with Crippen LogP contribution in [0.25, 0.3) is 0 Å². The Labute approximate surface area is 117 Å². The summed E-state index contributed by atoms with van der Waals surface area (Å²) in [6.07, 6.45) is 1.20. The molecular formula is C19H24. The van der Waals surface area contributed by atoms with E-state index in [1.807, 2.05) is 0 Å². The lowest BCUT2D eigenvalue weighted by molar-refractivity contribution is 0.639. The third-order valence-electron chi connectivity index (χ3n) is 4.31. The average Bonchev–Trinajstić information content (AvgIpc) is 2.47. The highest BCUT2D eigenvalue weighted by Crippen LogP contribution is 2.32. The van der Waals surface area contributed by atoms with Gasteiger partial charge in [0.05, 0.1) is 0 Å². The minimum Gasteiger partial charge on any atom is -0.0648 e. The normalized spacial score (nSPS) is 13.3. The van der Waals surface area contributed by atoms with Crippen molar-refractivity contribution in [1.82, 2.24) is 0 Å². The van der Waals surface area contributed by atoms with Crippen molar-refractivity contribution in [2.45, 2.75) is 45.4 Å². The van der Waals surface area contributed by atoms with E-state index in [0.717, 1.165) is 0 Å². The Kier molecular flexibility index (Phi) is 4.09. The van der Waals surface area contributed by atoms with Crippen LogP contribution in [-0.4, -0.2) is 0 Å². The first-order valence-corrected chi connectivity index (χ1v) is 7.21. The van der Waals surface area contributed by atoms with Crippen LogP contribution in [0.15, 0.2) is 54.6 Å². The third kappa shape index (κ3) is 2.89. The van der Waals surface area contributed by atoms with E-state index in [1.54, 1.807) is 0 Å². The first-order chi connectivity index (χ1) is 9.05. The highest BCUT2D eigenvalue weighted by Gasteiger charge is 2.22. The minimum absolute atomic E-state index is 0.0647. The molecule has 0 heterocycles. The van der Waals surface area contributed by atoms with Gasteiger partial charge in [0.15, 0.2) is 0 Å². The summed E-state index contributed by atoms with van der Waals surface area (Å²) in [4.78, 5) is 0. The second-order valence-corrected chi connectivity index (χ2v) is 5.92. The number of rotatable bonds is 4. The van der Waals surface area contributed by atoms with Crippen LogP contribution in [0.3, 0.4) is 0 Å². The summed E-state index contributed by atoms with van der Waals surface area (Å²) < 4.78 is 0. The van der Waals surface area contributed by atoms with Gasteiger partial charge in [-0.2, -0.15) is 0 Å². The van der Waals surface area contributed by atoms with Crippen molar-refractivity contribution in [2.75, 3.05) is 0 Å². The van der Waals surface area contributed by atoms with E-state index in [9.17, 15) is 0 Å². The predicted molar refractivity (Wildman–Crippen MR) is 83.7 cm³/mol. The molecule has 0 aliphatic carbocycles. The lowest BCUT2D eigenvalue weighted by atomic mass is 9.77. The fraction of sp³-hybridized carbons (Fsp3) is 0.368. The van der Waals surface area contributed by atoms with Gasteiger partial charge in [-0.3, -0.25) is 0 Å². The van der Waals surface area contributed by atoms with Gasteiger partial charge in [0, 0.05) is 5.41 Å². The fourth-order valence-corrected chi connectivity index (χ4v) is 2.49. The maximum Gasteiger partial charge on any atom is 0.0146 e. The second kappa shape index (κ2) is 5.61. The van der Waals surface area contributed by atoms with Crippen molar-refractivity contribution in [3.63, 3.8) is 0 Å². The molecule has 0 saturated heterocycles. The van der Waals surface area contributed by atoms with E-state index in [4.69, 9.17) is 0 Å². The molecule has 0 aliphatic rings.